The van der Waals surface area contributed by atoms with Crippen molar-refractivity contribution in [3.05, 3.63) is 40.4 Å². The lowest BCUT2D eigenvalue weighted by Crippen LogP contribution is -1.94. The van der Waals surface area contributed by atoms with Gasteiger partial charge in [-0.05, 0) is 18.6 Å². The van der Waals surface area contributed by atoms with Gasteiger partial charge in [0.05, 0.1) is 12.3 Å². The zero-order valence-corrected chi connectivity index (χ0v) is 11.0. The lowest BCUT2D eigenvalue weighted by molar-refractivity contribution is 0.0701. The second-order valence-electron chi connectivity index (χ2n) is 3.87. The number of aryl methyl sites for hydroxylation is 1. The number of ether oxygens (including phenoxy) is 1. The Morgan fingerprint density at radius 3 is 2.89 bits per heavy atom. The summed E-state index contributed by atoms with van der Waals surface area (Å²) in [7, 11) is 1.64. The predicted octanol–water partition coefficient (Wildman–Crippen LogP) is 2.96. The van der Waals surface area contributed by atoms with Crippen molar-refractivity contribution in [3.63, 3.8) is 0 Å². The fourth-order valence-electron chi connectivity index (χ4n) is 1.68. The Morgan fingerprint density at radius 1 is 1.50 bits per heavy atom. The molecule has 1 aromatic carbocycles. The summed E-state index contributed by atoms with van der Waals surface area (Å²) in [5, 5.41) is 9.74. The van der Waals surface area contributed by atoms with Crippen LogP contribution in [0.3, 0.4) is 0 Å². The third-order valence-electron chi connectivity index (χ3n) is 2.48. The van der Waals surface area contributed by atoms with E-state index in [-0.39, 0.29) is 0 Å². The normalized spacial score (nSPS) is 10.6. The Morgan fingerprint density at radius 2 is 2.28 bits per heavy atom. The summed E-state index contributed by atoms with van der Waals surface area (Å²) in [5.41, 5.74) is 2.52. The second-order valence-corrected chi connectivity index (χ2v) is 4.87. The molecule has 1 aromatic heterocycles. The quantitative estimate of drug-likeness (QED) is 0.921. The molecule has 0 radical (unpaired) electrons. The van der Waals surface area contributed by atoms with Crippen molar-refractivity contribution in [2.24, 2.45) is 0 Å². The van der Waals surface area contributed by atoms with E-state index in [2.05, 4.69) is 4.98 Å². The zero-order chi connectivity index (χ0) is 13.1. The molecule has 0 saturated heterocycles. The molecule has 0 atom stereocenters. The topological polar surface area (TPSA) is 59.4 Å². The van der Waals surface area contributed by atoms with Crippen LogP contribution < -0.4 is 0 Å². The predicted molar refractivity (Wildman–Crippen MR) is 70.0 cm³/mol. The molecule has 0 amide bonds. The molecule has 2 rings (SSSR count). The first kappa shape index (κ1) is 12.7. The number of aromatic carboxylic acids is 1. The number of methoxy groups -OCH3 is 1. The number of benzene rings is 1. The number of carbonyl (C=O) groups is 1. The molecule has 0 fully saturated rings. The van der Waals surface area contributed by atoms with Crippen LogP contribution >= 0.6 is 11.3 Å². The summed E-state index contributed by atoms with van der Waals surface area (Å²) >= 11 is 1.20. The van der Waals surface area contributed by atoms with E-state index in [0.717, 1.165) is 16.1 Å². The van der Waals surface area contributed by atoms with Crippen molar-refractivity contribution >= 4 is 17.3 Å². The Bertz CT molecular complexity index is 577. The fraction of sp³-hybridized carbons (Fsp3) is 0.231. The smallest absolute Gasteiger partial charge is 0.347 e. The molecule has 0 aliphatic heterocycles. The molecule has 0 unspecified atom stereocenters. The lowest BCUT2D eigenvalue weighted by Gasteiger charge is -2.01. The molecule has 1 N–H and O–H groups in total. The highest BCUT2D eigenvalue weighted by Gasteiger charge is 2.14. The number of carboxylic acid groups (broad SMARTS) is 1. The monoisotopic (exact) mass is 263 g/mol. The van der Waals surface area contributed by atoms with Gasteiger partial charge >= 0.3 is 5.97 Å². The highest BCUT2D eigenvalue weighted by molar-refractivity contribution is 7.17. The molecule has 0 aliphatic rings. The minimum absolute atomic E-state index is 0.294. The average molecular weight is 263 g/mol. The molecule has 94 valence electrons. The third-order valence-corrected chi connectivity index (χ3v) is 3.67. The number of rotatable bonds is 4. The number of hydrogen-bond donors (Lipinski definition) is 1. The van der Waals surface area contributed by atoms with E-state index in [4.69, 9.17) is 9.84 Å². The summed E-state index contributed by atoms with van der Waals surface area (Å²) in [6.07, 6.45) is 0. The van der Waals surface area contributed by atoms with Gasteiger partial charge in [-0.1, -0.05) is 18.2 Å². The largest absolute Gasteiger partial charge is 0.477 e. The number of nitrogens with zero attached hydrogens (tertiary/aromatic N) is 1. The number of hydrogen-bond acceptors (Lipinski definition) is 4. The first-order chi connectivity index (χ1) is 8.61. The van der Waals surface area contributed by atoms with Crippen LogP contribution in [-0.4, -0.2) is 23.2 Å². The third kappa shape index (κ3) is 2.57. The van der Waals surface area contributed by atoms with Gasteiger partial charge in [-0.15, -0.1) is 11.3 Å². The molecule has 2 aromatic rings. The van der Waals surface area contributed by atoms with E-state index in [1.165, 1.54) is 11.3 Å². The molecule has 0 saturated carbocycles. The van der Waals surface area contributed by atoms with Crippen molar-refractivity contribution in [1.82, 2.24) is 4.98 Å². The minimum Gasteiger partial charge on any atom is -0.477 e. The Labute approximate surface area is 109 Å². The fourth-order valence-corrected chi connectivity index (χ4v) is 2.58. The van der Waals surface area contributed by atoms with Gasteiger partial charge in [0.2, 0.25) is 0 Å². The average Bonchev–Trinajstić information content (AvgIpc) is 2.72. The van der Waals surface area contributed by atoms with Gasteiger partial charge in [0.1, 0.15) is 9.88 Å². The first-order valence-corrected chi connectivity index (χ1v) is 6.22. The molecule has 4 nitrogen and oxygen atoms in total. The summed E-state index contributed by atoms with van der Waals surface area (Å²) in [6.45, 7) is 2.24. The lowest BCUT2D eigenvalue weighted by atomic mass is 10.1. The number of carboxylic acids is 1. The van der Waals surface area contributed by atoms with Crippen molar-refractivity contribution in [2.45, 2.75) is 13.5 Å². The maximum absolute atomic E-state index is 11.0. The van der Waals surface area contributed by atoms with Crippen molar-refractivity contribution in [1.29, 1.82) is 0 Å². The Kier molecular flexibility index (Phi) is 3.74. The molecule has 0 spiro atoms. The van der Waals surface area contributed by atoms with Crippen molar-refractivity contribution in [2.75, 3.05) is 7.11 Å². The van der Waals surface area contributed by atoms with E-state index >= 15 is 0 Å². The number of thiazole rings is 1. The van der Waals surface area contributed by atoms with Gasteiger partial charge in [0.15, 0.2) is 0 Å². The van der Waals surface area contributed by atoms with E-state index in [1.807, 2.05) is 24.3 Å². The zero-order valence-electron chi connectivity index (χ0n) is 10.1. The van der Waals surface area contributed by atoms with Crippen LogP contribution in [0.1, 0.15) is 20.9 Å². The summed E-state index contributed by atoms with van der Waals surface area (Å²) in [4.78, 5) is 15.6. The number of aromatic nitrogens is 1. The Balaban J connectivity index is 2.39. The minimum atomic E-state index is -0.927. The van der Waals surface area contributed by atoms with Crippen LogP contribution in [0.25, 0.3) is 10.6 Å². The maximum atomic E-state index is 11.0. The van der Waals surface area contributed by atoms with Crippen LogP contribution in [0.15, 0.2) is 24.3 Å². The molecular formula is C13H13NO3S. The van der Waals surface area contributed by atoms with Crippen molar-refractivity contribution in [3.8, 4) is 10.6 Å². The molecule has 0 aliphatic carbocycles. The van der Waals surface area contributed by atoms with Crippen LogP contribution in [0.5, 0.6) is 0 Å². The van der Waals surface area contributed by atoms with E-state index in [0.29, 0.717) is 17.2 Å². The summed E-state index contributed by atoms with van der Waals surface area (Å²) in [5.74, 6) is -0.927. The second kappa shape index (κ2) is 5.29. The van der Waals surface area contributed by atoms with Crippen LogP contribution in [-0.2, 0) is 11.3 Å². The standard InChI is InChI=1S/C13H13NO3S/c1-8-11(13(15)16)18-12(14-8)10-5-3-4-9(6-10)7-17-2/h3-6H,7H2,1-2H3,(H,15,16). The highest BCUT2D eigenvalue weighted by Crippen LogP contribution is 2.28. The van der Waals surface area contributed by atoms with Crippen LogP contribution in [0.2, 0.25) is 0 Å². The van der Waals surface area contributed by atoms with Crippen molar-refractivity contribution < 1.29 is 14.6 Å². The molecular weight excluding hydrogens is 250 g/mol. The summed E-state index contributed by atoms with van der Waals surface area (Å²) in [6, 6.07) is 7.77. The van der Waals surface area contributed by atoms with Gasteiger partial charge in [-0.2, -0.15) is 0 Å². The van der Waals surface area contributed by atoms with Gasteiger partial charge in [-0.3, -0.25) is 0 Å². The SMILES string of the molecule is COCc1cccc(-c2nc(C)c(C(=O)O)s2)c1. The molecule has 1 heterocycles. The van der Waals surface area contributed by atoms with Crippen LogP contribution in [0.4, 0.5) is 0 Å². The van der Waals surface area contributed by atoms with Gasteiger partial charge in [0, 0.05) is 12.7 Å². The molecule has 5 heteroatoms. The van der Waals surface area contributed by atoms with Gasteiger partial charge in [0.25, 0.3) is 0 Å². The maximum Gasteiger partial charge on any atom is 0.347 e. The summed E-state index contributed by atoms with van der Waals surface area (Å²) < 4.78 is 5.07. The van der Waals surface area contributed by atoms with Gasteiger partial charge in [-0.25, -0.2) is 9.78 Å². The van der Waals surface area contributed by atoms with Crippen LogP contribution in [0, 0.1) is 6.92 Å². The highest BCUT2D eigenvalue weighted by atomic mass is 32.1. The molecule has 18 heavy (non-hydrogen) atoms. The Hall–Kier alpha value is -1.72. The van der Waals surface area contributed by atoms with E-state index < -0.39 is 5.97 Å². The molecule has 0 bridgehead atoms. The van der Waals surface area contributed by atoms with E-state index in [9.17, 15) is 4.79 Å². The van der Waals surface area contributed by atoms with Gasteiger partial charge < -0.3 is 9.84 Å². The first-order valence-electron chi connectivity index (χ1n) is 5.41. The van der Waals surface area contributed by atoms with E-state index in [1.54, 1.807) is 14.0 Å².